The Kier molecular flexibility index (Phi) is 3.47. The van der Waals surface area contributed by atoms with Crippen LogP contribution in [0.1, 0.15) is 38.5 Å². The van der Waals surface area contributed by atoms with Gasteiger partial charge < -0.3 is 4.74 Å². The van der Waals surface area contributed by atoms with Crippen molar-refractivity contribution in [2.24, 2.45) is 17.8 Å². The van der Waals surface area contributed by atoms with Gasteiger partial charge in [-0.1, -0.05) is 0 Å². The molecule has 0 heterocycles. The van der Waals surface area contributed by atoms with Gasteiger partial charge in [-0.2, -0.15) is 0 Å². The van der Waals surface area contributed by atoms with Gasteiger partial charge in [-0.05, 0) is 68.4 Å². The largest absolute Gasteiger partial charge is 0.494 e. The summed E-state index contributed by atoms with van der Waals surface area (Å²) >= 11 is 0. The van der Waals surface area contributed by atoms with Gasteiger partial charge in [0.2, 0.25) is 10.0 Å². The maximum atomic E-state index is 13.5. The van der Waals surface area contributed by atoms with Gasteiger partial charge in [0.15, 0.2) is 11.6 Å². The third-order valence-electron chi connectivity index (χ3n) is 5.82. The molecule has 0 radical (unpaired) electrons. The van der Waals surface area contributed by atoms with E-state index >= 15 is 0 Å². The first-order chi connectivity index (χ1) is 10.9. The highest BCUT2D eigenvalue weighted by molar-refractivity contribution is 7.89. The summed E-state index contributed by atoms with van der Waals surface area (Å²) in [7, 11) is -2.33. The van der Waals surface area contributed by atoms with Crippen LogP contribution in [0.2, 0.25) is 0 Å². The maximum Gasteiger partial charge on any atom is 0.241 e. The van der Waals surface area contributed by atoms with Gasteiger partial charge in [-0.15, -0.1) is 0 Å². The number of halogens is 1. The van der Waals surface area contributed by atoms with Gasteiger partial charge in [0.05, 0.1) is 12.0 Å². The normalized spacial score (nSPS) is 35.5. The van der Waals surface area contributed by atoms with Crippen molar-refractivity contribution in [3.05, 3.63) is 24.0 Å². The summed E-state index contributed by atoms with van der Waals surface area (Å²) in [6, 6.07) is 3.71. The lowest BCUT2D eigenvalue weighted by molar-refractivity contribution is -0.00810. The summed E-state index contributed by atoms with van der Waals surface area (Å²) < 4.78 is 47.0. The zero-order valence-corrected chi connectivity index (χ0v) is 14.0. The zero-order valence-electron chi connectivity index (χ0n) is 13.2. The topological polar surface area (TPSA) is 55.4 Å². The number of hydrogen-bond donors (Lipinski definition) is 1. The molecule has 0 aliphatic heterocycles. The van der Waals surface area contributed by atoms with Crippen LogP contribution in [0.4, 0.5) is 4.39 Å². The first-order valence-corrected chi connectivity index (χ1v) is 9.75. The predicted octanol–water partition coefficient (Wildman–Crippen LogP) is 3.08. The van der Waals surface area contributed by atoms with E-state index in [1.165, 1.54) is 38.5 Å². The summed E-state index contributed by atoms with van der Waals surface area (Å²) in [5.41, 5.74) is -0.296. The molecule has 4 aliphatic rings. The van der Waals surface area contributed by atoms with Crippen LogP contribution < -0.4 is 9.46 Å². The fourth-order valence-electron chi connectivity index (χ4n) is 5.39. The average molecular weight is 339 g/mol. The Morgan fingerprint density at radius 2 is 1.70 bits per heavy atom. The molecule has 126 valence electrons. The quantitative estimate of drug-likeness (QED) is 0.917. The minimum atomic E-state index is -3.67. The lowest BCUT2D eigenvalue weighted by Gasteiger charge is -2.56. The highest BCUT2D eigenvalue weighted by Crippen LogP contribution is 2.56. The molecule has 4 fully saturated rings. The zero-order chi connectivity index (χ0) is 16.2. The van der Waals surface area contributed by atoms with E-state index in [9.17, 15) is 12.8 Å². The standard InChI is InChI=1S/C17H22FNO3S/c1-22-16-7-14(2-3-15(16)18)23(20,21)19-17-8-11-4-12(9-17)6-13(5-11)10-17/h2-3,7,11-13,19H,4-6,8-10H2,1H3. The van der Waals surface area contributed by atoms with Gasteiger partial charge in [0.25, 0.3) is 0 Å². The number of hydrogen-bond acceptors (Lipinski definition) is 3. The minimum Gasteiger partial charge on any atom is -0.494 e. The van der Waals surface area contributed by atoms with Crippen molar-refractivity contribution in [1.29, 1.82) is 0 Å². The second-order valence-corrected chi connectivity index (χ2v) is 9.28. The van der Waals surface area contributed by atoms with Crippen LogP contribution >= 0.6 is 0 Å². The Morgan fingerprint density at radius 1 is 1.13 bits per heavy atom. The molecule has 6 heteroatoms. The van der Waals surface area contributed by atoms with Crippen molar-refractivity contribution < 1.29 is 17.5 Å². The highest BCUT2D eigenvalue weighted by Gasteiger charge is 2.52. The van der Waals surface area contributed by atoms with Crippen LogP contribution in [0, 0.1) is 23.6 Å². The van der Waals surface area contributed by atoms with E-state index in [0.29, 0.717) is 17.8 Å². The molecule has 4 bridgehead atoms. The third-order valence-corrected chi connectivity index (χ3v) is 7.40. The second-order valence-electron chi connectivity index (χ2n) is 7.60. The fourth-order valence-corrected chi connectivity index (χ4v) is 6.83. The van der Waals surface area contributed by atoms with Crippen LogP contribution in [0.5, 0.6) is 5.75 Å². The Labute approximate surface area is 136 Å². The Bertz CT molecular complexity index is 696. The van der Waals surface area contributed by atoms with Crippen LogP contribution in [0.25, 0.3) is 0 Å². The van der Waals surface area contributed by atoms with Gasteiger partial charge in [-0.25, -0.2) is 17.5 Å². The molecule has 0 amide bonds. The van der Waals surface area contributed by atoms with E-state index in [2.05, 4.69) is 4.72 Å². The van der Waals surface area contributed by atoms with E-state index in [-0.39, 0.29) is 16.2 Å². The van der Waals surface area contributed by atoms with Crippen molar-refractivity contribution in [1.82, 2.24) is 4.72 Å². The molecule has 0 saturated heterocycles. The third kappa shape index (κ3) is 2.66. The predicted molar refractivity (Wildman–Crippen MR) is 84.2 cm³/mol. The monoisotopic (exact) mass is 339 g/mol. The first-order valence-electron chi connectivity index (χ1n) is 8.27. The highest BCUT2D eigenvalue weighted by atomic mass is 32.2. The molecule has 0 spiro atoms. The number of methoxy groups -OCH3 is 1. The molecule has 0 unspecified atom stereocenters. The molecule has 1 aromatic rings. The van der Waals surface area contributed by atoms with Crippen molar-refractivity contribution in [2.45, 2.75) is 49.0 Å². The molecular weight excluding hydrogens is 317 g/mol. The van der Waals surface area contributed by atoms with Crippen LogP contribution in [-0.4, -0.2) is 21.1 Å². The molecule has 4 nitrogen and oxygen atoms in total. The minimum absolute atomic E-state index is 0.0432. The molecule has 0 aromatic heterocycles. The molecule has 1 N–H and O–H groups in total. The van der Waals surface area contributed by atoms with Gasteiger partial charge in [0, 0.05) is 11.6 Å². The van der Waals surface area contributed by atoms with Crippen LogP contribution in [-0.2, 0) is 10.0 Å². The lowest BCUT2D eigenvalue weighted by atomic mass is 9.53. The number of benzene rings is 1. The van der Waals surface area contributed by atoms with Crippen molar-refractivity contribution in [3.63, 3.8) is 0 Å². The van der Waals surface area contributed by atoms with Crippen LogP contribution in [0.15, 0.2) is 23.1 Å². The molecule has 4 aliphatic carbocycles. The van der Waals surface area contributed by atoms with Crippen LogP contribution in [0.3, 0.4) is 0 Å². The van der Waals surface area contributed by atoms with E-state index in [1.807, 2.05) is 0 Å². The number of sulfonamides is 1. The molecule has 4 saturated carbocycles. The van der Waals surface area contributed by atoms with E-state index in [4.69, 9.17) is 4.74 Å². The van der Waals surface area contributed by atoms with Crippen molar-refractivity contribution >= 4 is 10.0 Å². The number of rotatable bonds is 4. The van der Waals surface area contributed by atoms with Gasteiger partial charge in [0.1, 0.15) is 0 Å². The van der Waals surface area contributed by atoms with E-state index < -0.39 is 15.8 Å². The number of nitrogens with one attached hydrogen (secondary N) is 1. The molecule has 5 rings (SSSR count). The Balaban J connectivity index is 1.63. The Hall–Kier alpha value is -1.14. The first kappa shape index (κ1) is 15.4. The second kappa shape index (κ2) is 5.18. The average Bonchev–Trinajstić information content (AvgIpc) is 2.44. The summed E-state index contributed by atoms with van der Waals surface area (Å²) in [6.45, 7) is 0. The SMILES string of the molecule is COc1cc(S(=O)(=O)NC23CC4CC(CC(C4)C2)C3)ccc1F. The van der Waals surface area contributed by atoms with Crippen molar-refractivity contribution in [2.75, 3.05) is 7.11 Å². The van der Waals surface area contributed by atoms with Gasteiger partial charge >= 0.3 is 0 Å². The smallest absolute Gasteiger partial charge is 0.241 e. The van der Waals surface area contributed by atoms with E-state index in [1.54, 1.807) is 0 Å². The fraction of sp³-hybridized carbons (Fsp3) is 0.647. The number of ether oxygens (including phenoxy) is 1. The maximum absolute atomic E-state index is 13.5. The summed E-state index contributed by atoms with van der Waals surface area (Å²) in [6.07, 6.45) is 6.59. The summed E-state index contributed by atoms with van der Waals surface area (Å²) in [4.78, 5) is 0.0755. The summed E-state index contributed by atoms with van der Waals surface area (Å²) in [5, 5.41) is 0. The molecule has 1 aromatic carbocycles. The summed E-state index contributed by atoms with van der Waals surface area (Å²) in [5.74, 6) is 1.38. The molecule has 0 atom stereocenters. The van der Waals surface area contributed by atoms with E-state index in [0.717, 1.165) is 25.3 Å². The van der Waals surface area contributed by atoms with Crippen molar-refractivity contribution in [3.8, 4) is 5.75 Å². The van der Waals surface area contributed by atoms with Gasteiger partial charge in [-0.3, -0.25) is 0 Å². The lowest BCUT2D eigenvalue weighted by Crippen LogP contribution is -2.59. The molecular formula is C17H22FNO3S. The molecule has 23 heavy (non-hydrogen) atoms. The Morgan fingerprint density at radius 3 is 2.22 bits per heavy atom.